The van der Waals surface area contributed by atoms with E-state index in [0.717, 1.165) is 21.5 Å². The molecule has 1 saturated carbocycles. The highest BCUT2D eigenvalue weighted by Gasteiger charge is 2.44. The summed E-state index contributed by atoms with van der Waals surface area (Å²) >= 11 is 0. The standard InChI is InChI=1S/C41H32F12P2/c1-25(34-16-10-17-35(34)36-15-8-9-18-37(36)55(30-11-4-2-5-12-30)31-13-6-3-7-14-31)54(32-21-26(38(42,43)44)19-27(22-32)39(45,46)47)33-23-28(40(48,49)50)20-29(24-33)41(51,52)53/h2-9,11-15,18-25,34-35H,10,16-17H2,1H3. The van der Waals surface area contributed by atoms with Gasteiger partial charge < -0.3 is 0 Å². The van der Waals surface area contributed by atoms with Crippen LogP contribution in [0.25, 0.3) is 0 Å². The third-order valence-electron chi connectivity index (χ3n) is 9.90. The van der Waals surface area contributed by atoms with E-state index in [1.54, 1.807) is 0 Å². The first-order valence-electron chi connectivity index (χ1n) is 17.1. The minimum absolute atomic E-state index is 0.0982. The van der Waals surface area contributed by atoms with Crippen molar-refractivity contribution in [3.05, 3.63) is 149 Å². The smallest absolute Gasteiger partial charge is 0.166 e. The molecule has 0 nitrogen and oxygen atoms in total. The lowest BCUT2D eigenvalue weighted by molar-refractivity contribution is -0.144. The molecule has 0 heterocycles. The lowest BCUT2D eigenvalue weighted by atomic mass is 9.87. The van der Waals surface area contributed by atoms with Crippen LogP contribution in [0.4, 0.5) is 52.7 Å². The molecule has 0 aromatic heterocycles. The van der Waals surface area contributed by atoms with Gasteiger partial charge in [0.2, 0.25) is 0 Å². The van der Waals surface area contributed by atoms with Gasteiger partial charge in [-0.2, -0.15) is 52.7 Å². The molecule has 0 radical (unpaired) electrons. The summed E-state index contributed by atoms with van der Waals surface area (Å²) in [5.41, 5.74) is -6.92. The molecule has 1 aliphatic rings. The van der Waals surface area contributed by atoms with Crippen molar-refractivity contribution in [1.82, 2.24) is 0 Å². The second-order valence-electron chi connectivity index (χ2n) is 13.4. The number of alkyl halides is 12. The molecule has 5 aromatic carbocycles. The Morgan fingerprint density at radius 3 is 1.25 bits per heavy atom. The van der Waals surface area contributed by atoms with Gasteiger partial charge in [-0.05, 0) is 115 Å². The Labute approximate surface area is 312 Å². The topological polar surface area (TPSA) is 0 Å². The molecule has 3 atom stereocenters. The predicted molar refractivity (Wildman–Crippen MR) is 194 cm³/mol. The van der Waals surface area contributed by atoms with Gasteiger partial charge in [-0.15, -0.1) is 0 Å². The van der Waals surface area contributed by atoms with Crippen molar-refractivity contribution in [2.45, 2.75) is 62.5 Å². The average Bonchev–Trinajstić information content (AvgIpc) is 3.61. The second kappa shape index (κ2) is 15.6. The largest absolute Gasteiger partial charge is 0.416 e. The minimum atomic E-state index is -5.30. The van der Waals surface area contributed by atoms with Gasteiger partial charge in [-0.1, -0.05) is 98.3 Å². The van der Waals surface area contributed by atoms with E-state index in [4.69, 9.17) is 0 Å². The van der Waals surface area contributed by atoms with Crippen LogP contribution in [0, 0.1) is 5.92 Å². The molecule has 1 fully saturated rings. The van der Waals surface area contributed by atoms with Crippen molar-refractivity contribution in [2.24, 2.45) is 5.92 Å². The Bertz CT molecular complexity index is 1910. The molecule has 0 amide bonds. The van der Waals surface area contributed by atoms with Crippen molar-refractivity contribution in [1.29, 1.82) is 0 Å². The van der Waals surface area contributed by atoms with Gasteiger partial charge in [0, 0.05) is 0 Å². The molecule has 0 bridgehead atoms. The Morgan fingerprint density at radius 1 is 0.473 bits per heavy atom. The maximum atomic E-state index is 14.2. The zero-order valence-electron chi connectivity index (χ0n) is 28.8. The fraction of sp³-hybridized carbons (Fsp3) is 0.268. The van der Waals surface area contributed by atoms with Crippen LogP contribution in [0.15, 0.2) is 121 Å². The third kappa shape index (κ3) is 9.07. The fourth-order valence-electron chi connectivity index (χ4n) is 7.50. The summed E-state index contributed by atoms with van der Waals surface area (Å²) in [4.78, 5) is 0. The summed E-state index contributed by atoms with van der Waals surface area (Å²) in [6.45, 7) is 1.52. The quantitative estimate of drug-likeness (QED) is 0.108. The number of halogens is 12. The van der Waals surface area contributed by atoms with E-state index < -0.39 is 85.0 Å². The number of hydrogen-bond donors (Lipinski definition) is 0. The molecule has 14 heteroatoms. The van der Waals surface area contributed by atoms with Crippen LogP contribution in [0.2, 0.25) is 0 Å². The zero-order valence-corrected chi connectivity index (χ0v) is 30.6. The molecule has 0 saturated heterocycles. The van der Waals surface area contributed by atoms with E-state index in [0.29, 0.717) is 43.5 Å². The molecule has 3 unspecified atom stereocenters. The van der Waals surface area contributed by atoms with Gasteiger partial charge >= 0.3 is 24.7 Å². The summed E-state index contributed by atoms with van der Waals surface area (Å²) in [5, 5.41) is 1.72. The van der Waals surface area contributed by atoms with Gasteiger partial charge in [0.25, 0.3) is 0 Å². The first-order chi connectivity index (χ1) is 25.7. The van der Waals surface area contributed by atoms with Crippen LogP contribution in [-0.4, -0.2) is 5.66 Å². The highest BCUT2D eigenvalue weighted by molar-refractivity contribution is 7.80. The maximum Gasteiger partial charge on any atom is 0.416 e. The molecule has 0 N–H and O–H groups in total. The summed E-state index contributed by atoms with van der Waals surface area (Å²) in [5.74, 6) is -0.905. The molecule has 1 aliphatic carbocycles. The molecule has 0 aliphatic heterocycles. The zero-order chi connectivity index (χ0) is 39.9. The molecule has 0 spiro atoms. The molecular formula is C41H32F12P2. The second-order valence-corrected chi connectivity index (χ2v) is 18.2. The Kier molecular flexibility index (Phi) is 11.5. The number of rotatable bonds is 8. The highest BCUT2D eigenvalue weighted by atomic mass is 31.1. The molecule has 6 rings (SSSR count). The van der Waals surface area contributed by atoms with E-state index in [2.05, 4.69) is 0 Å². The van der Waals surface area contributed by atoms with Crippen molar-refractivity contribution in [3.8, 4) is 0 Å². The average molecular weight is 815 g/mol. The summed E-state index contributed by atoms with van der Waals surface area (Å²) in [6.07, 6.45) is -19.7. The van der Waals surface area contributed by atoms with Gasteiger partial charge in [0.1, 0.15) is 0 Å². The Balaban J connectivity index is 1.56. The van der Waals surface area contributed by atoms with Crippen LogP contribution in [0.3, 0.4) is 0 Å². The van der Waals surface area contributed by atoms with Crippen LogP contribution < -0.4 is 26.5 Å². The Hall–Kier alpha value is -3.88. The fourth-order valence-corrected chi connectivity index (χ4v) is 13.1. The van der Waals surface area contributed by atoms with E-state index in [-0.39, 0.29) is 18.1 Å². The van der Waals surface area contributed by atoms with Crippen molar-refractivity contribution in [3.63, 3.8) is 0 Å². The number of benzene rings is 5. The number of hydrogen-bond acceptors (Lipinski definition) is 0. The van der Waals surface area contributed by atoms with E-state index in [1.807, 2.05) is 84.9 Å². The lowest BCUT2D eigenvalue weighted by Crippen LogP contribution is -2.32. The van der Waals surface area contributed by atoms with Gasteiger partial charge in [-0.3, -0.25) is 0 Å². The predicted octanol–water partition coefficient (Wildman–Crippen LogP) is 11.9. The normalized spacial score (nSPS) is 17.6. The SMILES string of the molecule is CC(C1CCCC1c1ccccc1P(c1ccccc1)c1ccccc1)P(c1cc(C(F)(F)F)cc(C(F)(F)F)c1)c1cc(C(F)(F)F)cc(C(F)(F)F)c1. The minimum Gasteiger partial charge on any atom is -0.166 e. The van der Waals surface area contributed by atoms with E-state index >= 15 is 0 Å². The van der Waals surface area contributed by atoms with Crippen LogP contribution in [-0.2, 0) is 24.7 Å². The molecule has 5 aromatic rings. The molecule has 55 heavy (non-hydrogen) atoms. The van der Waals surface area contributed by atoms with Crippen molar-refractivity contribution < 1.29 is 52.7 Å². The molecular weight excluding hydrogens is 782 g/mol. The molecule has 290 valence electrons. The summed E-state index contributed by atoms with van der Waals surface area (Å²) in [6, 6.07) is 28.4. The van der Waals surface area contributed by atoms with Crippen LogP contribution in [0.1, 0.15) is 59.9 Å². The monoisotopic (exact) mass is 814 g/mol. The summed E-state index contributed by atoms with van der Waals surface area (Å²) < 4.78 is 170. The Morgan fingerprint density at radius 2 is 0.855 bits per heavy atom. The van der Waals surface area contributed by atoms with Crippen LogP contribution >= 0.6 is 15.8 Å². The van der Waals surface area contributed by atoms with Gasteiger partial charge in [-0.25, -0.2) is 0 Å². The van der Waals surface area contributed by atoms with E-state index in [9.17, 15) is 52.7 Å². The van der Waals surface area contributed by atoms with Gasteiger partial charge in [0.05, 0.1) is 22.3 Å². The first-order valence-corrected chi connectivity index (χ1v) is 19.9. The van der Waals surface area contributed by atoms with Crippen molar-refractivity contribution in [2.75, 3.05) is 0 Å². The highest BCUT2D eigenvalue weighted by Crippen LogP contribution is 2.54. The maximum absolute atomic E-state index is 14.2. The van der Waals surface area contributed by atoms with Crippen molar-refractivity contribution >= 4 is 42.4 Å². The third-order valence-corrected chi connectivity index (χ3v) is 15.2. The van der Waals surface area contributed by atoms with E-state index in [1.165, 1.54) is 6.92 Å². The van der Waals surface area contributed by atoms with Crippen LogP contribution in [0.5, 0.6) is 0 Å². The lowest BCUT2D eigenvalue weighted by Gasteiger charge is -2.36. The van der Waals surface area contributed by atoms with Gasteiger partial charge in [0.15, 0.2) is 0 Å². The summed E-state index contributed by atoms with van der Waals surface area (Å²) in [7, 11) is -3.89. The first kappa shape index (κ1) is 40.8.